The molecule has 5 nitrogen and oxygen atoms in total. The van der Waals surface area contributed by atoms with E-state index in [2.05, 4.69) is 0 Å². The first-order valence-electron chi connectivity index (χ1n) is 3.29. The summed E-state index contributed by atoms with van der Waals surface area (Å²) in [6.07, 6.45) is 0. The van der Waals surface area contributed by atoms with Gasteiger partial charge in [0.1, 0.15) is 5.69 Å². The summed E-state index contributed by atoms with van der Waals surface area (Å²) in [6.45, 7) is 0. The highest BCUT2D eigenvalue weighted by molar-refractivity contribution is 14.1. The zero-order valence-electron chi connectivity index (χ0n) is 6.44. The molecule has 0 aliphatic heterocycles. The number of amides is 1. The molecule has 0 saturated heterocycles. The zero-order chi connectivity index (χ0) is 10.0. The SMILES string of the molecule is NC(=O)c1ccc(I)c(N(O)O)c1. The number of hydrogen-bond donors (Lipinski definition) is 3. The Balaban J connectivity index is 3.19. The fourth-order valence-electron chi connectivity index (χ4n) is 0.819. The van der Waals surface area contributed by atoms with E-state index in [9.17, 15) is 4.79 Å². The summed E-state index contributed by atoms with van der Waals surface area (Å²) in [4.78, 5) is 10.7. The van der Waals surface area contributed by atoms with Gasteiger partial charge in [-0.25, -0.2) is 0 Å². The van der Waals surface area contributed by atoms with Crippen LogP contribution < -0.4 is 11.0 Å². The number of nitrogens with zero attached hydrogens (tertiary/aromatic N) is 1. The van der Waals surface area contributed by atoms with E-state index in [1.54, 1.807) is 6.07 Å². The second kappa shape index (κ2) is 3.90. The molecule has 0 heterocycles. The molecule has 6 heteroatoms. The minimum atomic E-state index is -0.612. The highest BCUT2D eigenvalue weighted by Gasteiger charge is 2.08. The molecular formula is C7H7IN2O3. The van der Waals surface area contributed by atoms with E-state index < -0.39 is 5.91 Å². The Bertz CT molecular complexity index is 341. The van der Waals surface area contributed by atoms with E-state index in [0.717, 1.165) is 0 Å². The van der Waals surface area contributed by atoms with E-state index in [1.165, 1.54) is 12.1 Å². The topological polar surface area (TPSA) is 86.8 Å². The Morgan fingerprint density at radius 3 is 2.54 bits per heavy atom. The van der Waals surface area contributed by atoms with Crippen molar-refractivity contribution in [1.29, 1.82) is 0 Å². The molecule has 13 heavy (non-hydrogen) atoms. The molecule has 0 spiro atoms. The molecule has 0 aliphatic rings. The maximum Gasteiger partial charge on any atom is 0.248 e. The van der Waals surface area contributed by atoms with Gasteiger partial charge in [0, 0.05) is 9.13 Å². The van der Waals surface area contributed by atoms with Crippen LogP contribution in [-0.2, 0) is 0 Å². The Labute approximate surface area is 87.8 Å². The van der Waals surface area contributed by atoms with Crippen molar-refractivity contribution in [3.05, 3.63) is 27.3 Å². The second-order valence-corrected chi connectivity index (χ2v) is 3.48. The highest BCUT2D eigenvalue weighted by atomic mass is 127. The maximum absolute atomic E-state index is 10.7. The van der Waals surface area contributed by atoms with Gasteiger partial charge in [-0.2, -0.15) is 0 Å². The highest BCUT2D eigenvalue weighted by Crippen LogP contribution is 2.21. The van der Waals surface area contributed by atoms with Gasteiger partial charge in [0.15, 0.2) is 0 Å². The average molecular weight is 294 g/mol. The number of rotatable bonds is 2. The molecule has 0 bridgehead atoms. The molecule has 0 atom stereocenters. The lowest BCUT2D eigenvalue weighted by atomic mass is 10.2. The molecule has 1 aromatic carbocycles. The van der Waals surface area contributed by atoms with Crippen LogP contribution in [0.3, 0.4) is 0 Å². The second-order valence-electron chi connectivity index (χ2n) is 2.32. The molecule has 1 amide bonds. The van der Waals surface area contributed by atoms with Crippen LogP contribution in [0.25, 0.3) is 0 Å². The molecule has 1 aromatic rings. The quantitative estimate of drug-likeness (QED) is 0.560. The first-order valence-corrected chi connectivity index (χ1v) is 4.37. The summed E-state index contributed by atoms with van der Waals surface area (Å²) >= 11 is 1.90. The van der Waals surface area contributed by atoms with E-state index in [1.807, 2.05) is 22.6 Å². The largest absolute Gasteiger partial charge is 0.366 e. The van der Waals surface area contributed by atoms with Crippen molar-refractivity contribution >= 4 is 34.2 Å². The lowest BCUT2D eigenvalue weighted by Crippen LogP contribution is -2.16. The van der Waals surface area contributed by atoms with Crippen LogP contribution in [0.15, 0.2) is 18.2 Å². The molecule has 4 N–H and O–H groups in total. The molecular weight excluding hydrogens is 287 g/mol. The fourth-order valence-corrected chi connectivity index (χ4v) is 1.37. The van der Waals surface area contributed by atoms with Crippen molar-refractivity contribution in [3.8, 4) is 0 Å². The fraction of sp³-hybridized carbons (Fsp3) is 0. The van der Waals surface area contributed by atoms with Crippen LogP contribution in [-0.4, -0.2) is 16.3 Å². The predicted molar refractivity (Wildman–Crippen MR) is 53.7 cm³/mol. The molecule has 0 aliphatic carbocycles. The molecule has 0 saturated carbocycles. The standard InChI is InChI=1S/C7H7IN2O3/c8-5-2-1-4(7(9)11)3-6(5)10(12)13/h1-3,12-13H,(H2,9,11). The van der Waals surface area contributed by atoms with Gasteiger partial charge in [-0.3, -0.25) is 15.2 Å². The smallest absolute Gasteiger partial charge is 0.248 e. The van der Waals surface area contributed by atoms with Crippen LogP contribution in [0.2, 0.25) is 0 Å². The Morgan fingerprint density at radius 1 is 1.46 bits per heavy atom. The van der Waals surface area contributed by atoms with Crippen LogP contribution in [0.4, 0.5) is 5.69 Å². The first-order chi connectivity index (χ1) is 6.02. The van der Waals surface area contributed by atoms with Gasteiger partial charge in [0.2, 0.25) is 5.91 Å². The van der Waals surface area contributed by atoms with E-state index in [0.29, 0.717) is 3.57 Å². The monoisotopic (exact) mass is 294 g/mol. The number of hydrogen-bond acceptors (Lipinski definition) is 4. The summed E-state index contributed by atoms with van der Waals surface area (Å²) < 4.78 is 0.604. The zero-order valence-corrected chi connectivity index (χ0v) is 8.59. The summed E-state index contributed by atoms with van der Waals surface area (Å²) in [6, 6.07) is 4.37. The van der Waals surface area contributed by atoms with Gasteiger partial charge in [-0.15, -0.1) is 5.23 Å². The summed E-state index contributed by atoms with van der Waals surface area (Å²) in [5.74, 6) is -0.612. The average Bonchev–Trinajstić information content (AvgIpc) is 2.04. The summed E-state index contributed by atoms with van der Waals surface area (Å²) in [5.41, 5.74) is 5.36. The minimum absolute atomic E-state index is 0.0474. The van der Waals surface area contributed by atoms with Gasteiger partial charge in [0.25, 0.3) is 0 Å². The maximum atomic E-state index is 10.7. The predicted octanol–water partition coefficient (Wildman–Crippen LogP) is 0.975. The third kappa shape index (κ3) is 2.29. The van der Waals surface area contributed by atoms with Gasteiger partial charge in [-0.1, -0.05) is 0 Å². The molecule has 0 radical (unpaired) electrons. The normalized spacial score (nSPS) is 9.77. The summed E-state index contributed by atoms with van der Waals surface area (Å²) in [5, 5.41) is 17.4. The molecule has 0 fully saturated rings. The first kappa shape index (κ1) is 10.2. The van der Waals surface area contributed by atoms with Gasteiger partial charge in [0.05, 0.1) is 0 Å². The van der Waals surface area contributed by atoms with Crippen LogP contribution >= 0.6 is 22.6 Å². The van der Waals surface area contributed by atoms with E-state index >= 15 is 0 Å². The van der Waals surface area contributed by atoms with Crippen molar-refractivity contribution in [2.45, 2.75) is 0 Å². The lowest BCUT2D eigenvalue weighted by molar-refractivity contribution is 0.0287. The number of anilines is 1. The van der Waals surface area contributed by atoms with Crippen molar-refractivity contribution < 1.29 is 15.2 Å². The van der Waals surface area contributed by atoms with Crippen molar-refractivity contribution in [1.82, 2.24) is 0 Å². The third-order valence-electron chi connectivity index (χ3n) is 1.45. The number of primary amides is 1. The van der Waals surface area contributed by atoms with Crippen LogP contribution in [0.5, 0.6) is 0 Å². The number of benzene rings is 1. The van der Waals surface area contributed by atoms with E-state index in [-0.39, 0.29) is 16.5 Å². The Hall–Kier alpha value is -0.860. The summed E-state index contributed by atoms with van der Waals surface area (Å²) in [7, 11) is 0. The van der Waals surface area contributed by atoms with Gasteiger partial charge < -0.3 is 5.73 Å². The number of carbonyl (C=O) groups is 1. The minimum Gasteiger partial charge on any atom is -0.366 e. The van der Waals surface area contributed by atoms with E-state index in [4.69, 9.17) is 16.1 Å². The molecule has 70 valence electrons. The van der Waals surface area contributed by atoms with Crippen molar-refractivity contribution in [2.75, 3.05) is 5.23 Å². The Kier molecular flexibility index (Phi) is 3.07. The van der Waals surface area contributed by atoms with Gasteiger partial charge in [-0.05, 0) is 40.8 Å². The molecule has 0 unspecified atom stereocenters. The molecule has 0 aromatic heterocycles. The molecule has 1 rings (SSSR count). The number of halogens is 1. The van der Waals surface area contributed by atoms with Crippen LogP contribution in [0.1, 0.15) is 10.4 Å². The third-order valence-corrected chi connectivity index (χ3v) is 2.36. The number of nitrogens with two attached hydrogens (primary N) is 1. The van der Waals surface area contributed by atoms with Gasteiger partial charge >= 0.3 is 0 Å². The van der Waals surface area contributed by atoms with Crippen LogP contribution in [0, 0.1) is 3.57 Å². The lowest BCUT2D eigenvalue weighted by Gasteiger charge is -2.10. The number of carbonyl (C=O) groups excluding carboxylic acids is 1. The Morgan fingerprint density at radius 2 is 2.08 bits per heavy atom. The van der Waals surface area contributed by atoms with Crippen molar-refractivity contribution in [3.63, 3.8) is 0 Å². The van der Waals surface area contributed by atoms with Crippen molar-refractivity contribution in [2.24, 2.45) is 5.73 Å².